The van der Waals surface area contributed by atoms with E-state index in [9.17, 15) is 9.59 Å². The zero-order chi connectivity index (χ0) is 19.4. The average molecular weight is 380 g/mol. The number of carbonyl (C=O) groups excluding carboxylic acids is 1. The lowest BCUT2D eigenvalue weighted by Gasteiger charge is -2.23. The summed E-state index contributed by atoms with van der Waals surface area (Å²) in [5, 5.41) is 0.617. The van der Waals surface area contributed by atoms with Crippen LogP contribution in [0.15, 0.2) is 4.79 Å². The number of rotatable bonds is 8. The molecule has 0 bridgehead atoms. The fourth-order valence-corrected chi connectivity index (χ4v) is 3.97. The molecule has 0 radical (unpaired) electrons. The summed E-state index contributed by atoms with van der Waals surface area (Å²) in [7, 11) is 0. The summed E-state index contributed by atoms with van der Waals surface area (Å²) in [5.41, 5.74) is 0.791. The molecular weight excluding hydrogens is 350 g/mol. The Kier molecular flexibility index (Phi) is 6.94. The first-order chi connectivity index (χ1) is 12.3. The van der Waals surface area contributed by atoms with Crippen LogP contribution in [0.25, 0.3) is 10.2 Å². The maximum absolute atomic E-state index is 13.3. The minimum absolute atomic E-state index is 0.153. The van der Waals surface area contributed by atoms with Crippen LogP contribution < -0.4 is 5.56 Å². The number of ether oxygens (including phenoxy) is 1. The van der Waals surface area contributed by atoms with Gasteiger partial charge in [-0.3, -0.25) is 14.3 Å². The molecule has 0 aliphatic heterocycles. The summed E-state index contributed by atoms with van der Waals surface area (Å²) < 4.78 is 6.81. The minimum atomic E-state index is -0.698. The topological polar surface area (TPSA) is 64.4 Å². The van der Waals surface area contributed by atoms with Gasteiger partial charge in [-0.15, -0.1) is 11.3 Å². The number of fused-ring (bicyclic) bond motifs is 1. The van der Waals surface area contributed by atoms with Gasteiger partial charge >= 0.3 is 5.97 Å². The Bertz CT molecular complexity index is 837. The molecule has 2 rings (SSSR count). The maximum atomic E-state index is 13.3. The van der Waals surface area contributed by atoms with E-state index in [1.54, 1.807) is 6.92 Å². The molecule has 2 aromatic heterocycles. The first-order valence-corrected chi connectivity index (χ1v) is 10.1. The van der Waals surface area contributed by atoms with Gasteiger partial charge in [0.25, 0.3) is 5.56 Å². The summed E-state index contributed by atoms with van der Waals surface area (Å²) in [5.74, 6) is 0.230. The van der Waals surface area contributed by atoms with E-state index in [4.69, 9.17) is 9.72 Å². The van der Waals surface area contributed by atoms with Gasteiger partial charge in [-0.05, 0) is 45.8 Å². The average Bonchev–Trinajstić information content (AvgIpc) is 2.91. The van der Waals surface area contributed by atoms with Crippen LogP contribution in [0.3, 0.4) is 0 Å². The predicted molar refractivity (Wildman–Crippen MR) is 106 cm³/mol. The smallest absolute Gasteiger partial charge is 0.329 e. The highest BCUT2D eigenvalue weighted by Crippen LogP contribution is 2.27. The molecule has 0 saturated carbocycles. The van der Waals surface area contributed by atoms with E-state index in [2.05, 4.69) is 18.7 Å². The zero-order valence-electron chi connectivity index (χ0n) is 16.6. The molecule has 0 saturated heterocycles. The normalized spacial score (nSPS) is 12.7. The number of nitrogens with zero attached hydrogens (tertiary/aromatic N) is 3. The first-order valence-electron chi connectivity index (χ1n) is 9.25. The molecule has 0 spiro atoms. The van der Waals surface area contributed by atoms with Gasteiger partial charge < -0.3 is 4.74 Å². The van der Waals surface area contributed by atoms with E-state index in [-0.39, 0.29) is 11.5 Å². The van der Waals surface area contributed by atoms with Crippen molar-refractivity contribution in [3.63, 3.8) is 0 Å². The summed E-state index contributed by atoms with van der Waals surface area (Å²) in [6.07, 6.45) is 0.750. The van der Waals surface area contributed by atoms with Crippen LogP contribution in [0, 0.1) is 13.8 Å². The van der Waals surface area contributed by atoms with E-state index in [0.29, 0.717) is 24.4 Å². The molecule has 0 aromatic carbocycles. The summed E-state index contributed by atoms with van der Waals surface area (Å²) in [6, 6.07) is -0.698. The minimum Gasteiger partial charge on any atom is -0.464 e. The van der Waals surface area contributed by atoms with Crippen LogP contribution in [0.5, 0.6) is 0 Å². The van der Waals surface area contributed by atoms with Gasteiger partial charge in [-0.1, -0.05) is 20.8 Å². The molecule has 2 aromatic rings. The van der Waals surface area contributed by atoms with Gasteiger partial charge in [-0.25, -0.2) is 9.78 Å². The molecule has 0 N–H and O–H groups in total. The van der Waals surface area contributed by atoms with Crippen molar-refractivity contribution in [2.75, 3.05) is 19.7 Å². The van der Waals surface area contributed by atoms with E-state index < -0.39 is 6.04 Å². The molecule has 2 heterocycles. The molecule has 0 amide bonds. The van der Waals surface area contributed by atoms with Crippen molar-refractivity contribution in [2.24, 2.45) is 0 Å². The Labute approximate surface area is 158 Å². The molecule has 1 unspecified atom stereocenters. The van der Waals surface area contributed by atoms with Crippen molar-refractivity contribution in [1.82, 2.24) is 14.5 Å². The second-order valence-corrected chi connectivity index (χ2v) is 7.67. The summed E-state index contributed by atoms with van der Waals surface area (Å²) in [6.45, 7) is 14.3. The number of aromatic nitrogens is 2. The Balaban J connectivity index is 2.62. The lowest BCUT2D eigenvalue weighted by Crippen LogP contribution is -2.35. The van der Waals surface area contributed by atoms with Crippen LogP contribution in [0.1, 0.15) is 56.4 Å². The highest BCUT2D eigenvalue weighted by molar-refractivity contribution is 7.18. The molecule has 7 heteroatoms. The number of hydrogen-bond donors (Lipinski definition) is 0. The molecule has 26 heavy (non-hydrogen) atoms. The first kappa shape index (κ1) is 20.6. The quantitative estimate of drug-likeness (QED) is 0.658. The highest BCUT2D eigenvalue weighted by Gasteiger charge is 2.25. The summed E-state index contributed by atoms with van der Waals surface area (Å²) in [4.78, 5) is 34.5. The van der Waals surface area contributed by atoms with Gasteiger partial charge in [0.1, 0.15) is 16.7 Å². The second kappa shape index (κ2) is 8.77. The largest absolute Gasteiger partial charge is 0.464 e. The highest BCUT2D eigenvalue weighted by atomic mass is 32.1. The molecule has 0 fully saturated rings. The van der Waals surface area contributed by atoms with Crippen LogP contribution in [-0.4, -0.2) is 40.1 Å². The van der Waals surface area contributed by atoms with Crippen molar-refractivity contribution in [2.45, 2.75) is 60.5 Å². The van der Waals surface area contributed by atoms with Crippen LogP contribution in [-0.2, 0) is 16.1 Å². The van der Waals surface area contributed by atoms with Crippen LogP contribution in [0.2, 0.25) is 0 Å². The van der Waals surface area contributed by atoms with Crippen LogP contribution in [0.4, 0.5) is 0 Å². The molecular formula is C19H29N3O3S. The van der Waals surface area contributed by atoms with E-state index in [0.717, 1.165) is 34.8 Å². The Morgan fingerprint density at radius 1 is 1.27 bits per heavy atom. The van der Waals surface area contributed by atoms with Gasteiger partial charge in [0.2, 0.25) is 0 Å². The number of esters is 1. The summed E-state index contributed by atoms with van der Waals surface area (Å²) >= 11 is 1.53. The molecule has 0 aliphatic carbocycles. The van der Waals surface area contributed by atoms with E-state index in [1.807, 2.05) is 20.8 Å². The fraction of sp³-hybridized carbons (Fsp3) is 0.632. The Hall–Kier alpha value is -1.73. The van der Waals surface area contributed by atoms with Gasteiger partial charge in [0, 0.05) is 4.88 Å². The molecule has 144 valence electrons. The molecule has 6 nitrogen and oxygen atoms in total. The van der Waals surface area contributed by atoms with Crippen molar-refractivity contribution >= 4 is 27.5 Å². The standard InChI is InChI=1S/C19H29N3O3S/c1-7-10-25-19(24)13(5)22-15(11-21(8-2)9-3)20-17-16(18(22)23)12(4)14(6)26-17/h13H,7-11H2,1-6H3. The van der Waals surface area contributed by atoms with Crippen molar-refractivity contribution in [3.8, 4) is 0 Å². The second-order valence-electron chi connectivity index (χ2n) is 6.47. The van der Waals surface area contributed by atoms with Gasteiger partial charge in [-0.2, -0.15) is 0 Å². The Morgan fingerprint density at radius 3 is 2.50 bits per heavy atom. The number of thiophene rings is 1. The lowest BCUT2D eigenvalue weighted by atomic mass is 10.2. The predicted octanol–water partition coefficient (Wildman–Crippen LogP) is 3.43. The lowest BCUT2D eigenvalue weighted by molar-refractivity contribution is -0.147. The third-order valence-electron chi connectivity index (χ3n) is 4.74. The van der Waals surface area contributed by atoms with E-state index >= 15 is 0 Å². The van der Waals surface area contributed by atoms with Crippen molar-refractivity contribution in [3.05, 3.63) is 26.6 Å². The molecule has 0 aliphatic rings. The Morgan fingerprint density at radius 2 is 1.92 bits per heavy atom. The number of hydrogen-bond acceptors (Lipinski definition) is 6. The number of aryl methyl sites for hydroxylation is 2. The molecule has 1 atom stereocenters. The van der Waals surface area contributed by atoms with Gasteiger partial charge in [0.05, 0.1) is 18.5 Å². The van der Waals surface area contributed by atoms with Crippen molar-refractivity contribution in [1.29, 1.82) is 0 Å². The SMILES string of the molecule is CCCOC(=O)C(C)n1c(CN(CC)CC)nc2sc(C)c(C)c2c1=O. The van der Waals surface area contributed by atoms with Gasteiger partial charge in [0.15, 0.2) is 0 Å². The van der Waals surface area contributed by atoms with Crippen molar-refractivity contribution < 1.29 is 9.53 Å². The monoisotopic (exact) mass is 379 g/mol. The third-order valence-corrected chi connectivity index (χ3v) is 5.85. The third kappa shape index (κ3) is 3.99. The zero-order valence-corrected chi connectivity index (χ0v) is 17.4. The van der Waals surface area contributed by atoms with E-state index in [1.165, 1.54) is 15.9 Å². The maximum Gasteiger partial charge on any atom is 0.329 e. The number of carbonyl (C=O) groups is 1. The fourth-order valence-electron chi connectivity index (χ4n) is 2.94. The van der Waals surface area contributed by atoms with Crippen LogP contribution >= 0.6 is 11.3 Å².